The predicted molar refractivity (Wildman–Crippen MR) is 316 cm³/mol. The second kappa shape index (κ2) is 37.0. The van der Waals surface area contributed by atoms with Crippen LogP contribution < -0.4 is 35.6 Å². The number of benzene rings is 4. The van der Waals surface area contributed by atoms with Crippen LogP contribution in [-0.4, -0.2) is 88.0 Å². The fourth-order valence-electron chi connectivity index (χ4n) is 7.72. The van der Waals surface area contributed by atoms with Gasteiger partial charge in [0.25, 0.3) is 11.8 Å². The van der Waals surface area contributed by atoms with Gasteiger partial charge < -0.3 is 33.3 Å². The molecule has 5 N–H and O–H groups in total. The van der Waals surface area contributed by atoms with Gasteiger partial charge >= 0.3 is 0 Å². The Kier molecular flexibility index (Phi) is 33.6. The number of nitrogen functional groups attached to an aromatic ring is 1. The molecule has 2 aliphatic carbocycles. The number of nitrogens with zero attached hydrogens (tertiary/aromatic N) is 1. The second-order valence-electron chi connectivity index (χ2n) is 20.9. The third-order valence-corrected chi connectivity index (χ3v) is 18.0. The molecule has 17 heteroatoms. The van der Waals surface area contributed by atoms with Crippen LogP contribution in [0.4, 0.5) is 0 Å². The molecular weight excluding hydrogens is 1040 g/mol. The number of hydrogen-bond acceptors (Lipinski definition) is 12. The number of halogens is 2. The van der Waals surface area contributed by atoms with E-state index in [2.05, 4.69) is 39.3 Å². The molecule has 2 saturated carbocycles. The zero-order valence-corrected chi connectivity index (χ0v) is 48.3. The van der Waals surface area contributed by atoms with Gasteiger partial charge in [0.2, 0.25) is 0 Å². The molecule has 0 radical (unpaired) electrons. The van der Waals surface area contributed by atoms with Crippen LogP contribution in [0.1, 0.15) is 164 Å². The lowest BCUT2D eigenvalue weighted by Crippen LogP contribution is -2.43. The third kappa shape index (κ3) is 26.9. The highest BCUT2D eigenvalue weighted by Crippen LogP contribution is 2.36. The summed E-state index contributed by atoms with van der Waals surface area (Å²) in [6.07, 6.45) is 14.8. The van der Waals surface area contributed by atoms with E-state index in [9.17, 15) is 24.3 Å². The van der Waals surface area contributed by atoms with Gasteiger partial charge in [0.05, 0.1) is 48.7 Å². The Hall–Kier alpha value is -5.00. The van der Waals surface area contributed by atoms with Gasteiger partial charge in [-0.2, -0.15) is 0 Å². The van der Waals surface area contributed by atoms with E-state index < -0.39 is 8.32 Å². The van der Waals surface area contributed by atoms with Crippen molar-refractivity contribution in [1.82, 2.24) is 15.9 Å². The van der Waals surface area contributed by atoms with Gasteiger partial charge in [-0.25, -0.2) is 10.9 Å². The number of nitrogens with two attached hydrogens (primary N) is 1. The highest BCUT2D eigenvalue weighted by molar-refractivity contribution is 6.74. The third-order valence-electron chi connectivity index (χ3n) is 12.9. The van der Waals surface area contributed by atoms with E-state index in [1.807, 2.05) is 69.5 Å². The fraction of sp³-hybridized carbons (Fsp3) is 0.533. The summed E-state index contributed by atoms with van der Waals surface area (Å²) in [5, 5.41) is 12.1. The number of carbonyl (C=O) groups is 4. The van der Waals surface area contributed by atoms with Gasteiger partial charge in [0, 0.05) is 29.8 Å². The van der Waals surface area contributed by atoms with E-state index in [1.54, 1.807) is 47.5 Å². The molecule has 0 aliphatic heterocycles. The van der Waals surface area contributed by atoms with Gasteiger partial charge in [-0.15, -0.1) is 0 Å². The lowest BCUT2D eigenvalue weighted by molar-refractivity contribution is -0.109. The average molecular weight is 1130 g/mol. The Balaban J connectivity index is 0.000000565. The largest absolute Gasteiger partial charge is 0.493 e. The first-order valence-electron chi connectivity index (χ1n) is 26.3. The molecule has 4 aromatic rings. The van der Waals surface area contributed by atoms with E-state index in [1.165, 1.54) is 70.3 Å². The normalized spacial score (nSPS) is 13.6. The number of aliphatic hydroxyl groups excluding tert-OH is 1. The maximum atomic E-state index is 12.7. The second-order valence-corrected chi connectivity index (χ2v) is 26.5. The van der Waals surface area contributed by atoms with E-state index in [4.69, 9.17) is 52.4 Å². The highest BCUT2D eigenvalue weighted by atomic mass is 35.5. The molecule has 6 rings (SSSR count). The fourth-order valence-corrected chi connectivity index (χ4v) is 9.09. The van der Waals surface area contributed by atoms with Gasteiger partial charge in [0.1, 0.15) is 35.6 Å². The van der Waals surface area contributed by atoms with Crippen LogP contribution in [-0.2, 0) is 15.8 Å². The van der Waals surface area contributed by atoms with Crippen LogP contribution in [0.15, 0.2) is 84.9 Å². The van der Waals surface area contributed by atoms with E-state index in [-0.39, 0.29) is 57.1 Å². The molecule has 0 saturated heterocycles. The molecule has 0 bridgehead atoms. The summed E-state index contributed by atoms with van der Waals surface area (Å²) in [6.45, 7) is 20.9. The molecule has 0 heterocycles. The summed E-state index contributed by atoms with van der Waals surface area (Å²) in [7, 11) is -1.66. The van der Waals surface area contributed by atoms with Gasteiger partial charge in [0.15, 0.2) is 8.32 Å². The molecule has 0 unspecified atom stereocenters. The Morgan fingerprint density at radius 3 is 1.53 bits per heavy atom. The number of hydrazine groups is 2. The average Bonchev–Trinajstić information content (AvgIpc) is 3.39. The van der Waals surface area contributed by atoms with Gasteiger partial charge in [-0.05, 0) is 162 Å². The van der Waals surface area contributed by atoms with Crippen LogP contribution in [0, 0.1) is 11.8 Å². The van der Waals surface area contributed by atoms with Crippen LogP contribution in [0.3, 0.4) is 0 Å². The van der Waals surface area contributed by atoms with Crippen molar-refractivity contribution in [3.63, 3.8) is 0 Å². The molecule has 14 nitrogen and oxygen atoms in total. The first-order chi connectivity index (χ1) is 35.7. The number of hydrogen-bond donors (Lipinski definition) is 4. The number of amides is 2. The summed E-state index contributed by atoms with van der Waals surface area (Å²) in [4.78, 5) is 44.5. The van der Waals surface area contributed by atoms with E-state index in [0.29, 0.717) is 57.2 Å². The van der Waals surface area contributed by atoms with Crippen LogP contribution in [0.2, 0.25) is 28.2 Å². The Labute approximate surface area is 472 Å². The Morgan fingerprint density at radius 1 is 0.714 bits per heavy atom. The lowest BCUT2D eigenvalue weighted by Gasteiger charge is -2.35. The molecular formula is C60H92Cl2N4O10Si. The topological polar surface area (TPSA) is 188 Å². The number of nitrogens with one attached hydrogen (secondary N) is 2. The molecule has 2 fully saturated rings. The number of carbonyl (C=O) groups excluding carboxylic acids is 4. The van der Waals surface area contributed by atoms with Crippen molar-refractivity contribution in [3.05, 3.63) is 117 Å². The van der Waals surface area contributed by atoms with Gasteiger partial charge in [-0.3, -0.25) is 25.2 Å². The molecule has 2 aliphatic rings. The van der Waals surface area contributed by atoms with Crippen molar-refractivity contribution in [2.24, 2.45) is 17.7 Å². The first kappa shape index (κ1) is 70.0. The van der Waals surface area contributed by atoms with Crippen LogP contribution in [0.5, 0.6) is 23.0 Å². The molecule has 430 valence electrons. The maximum absolute atomic E-state index is 12.7. The quantitative estimate of drug-likeness (QED) is 0.0204. The predicted octanol–water partition coefficient (Wildman–Crippen LogP) is 13.9. The van der Waals surface area contributed by atoms with Gasteiger partial charge in [-0.1, -0.05) is 109 Å². The summed E-state index contributed by atoms with van der Waals surface area (Å²) >= 11 is 12.2. The Bertz CT molecular complexity index is 2300. The summed E-state index contributed by atoms with van der Waals surface area (Å²) in [6, 6.07) is 24.9. The van der Waals surface area contributed by atoms with Crippen LogP contribution >= 0.6 is 23.2 Å². The van der Waals surface area contributed by atoms with Crippen molar-refractivity contribution < 1.29 is 47.7 Å². The van der Waals surface area contributed by atoms with Crippen molar-refractivity contribution in [1.29, 1.82) is 0 Å². The van der Waals surface area contributed by atoms with Crippen LogP contribution in [0.25, 0.3) is 0 Å². The lowest BCUT2D eigenvalue weighted by atomic mass is 9.90. The maximum Gasteiger partial charge on any atom is 0.265 e. The summed E-state index contributed by atoms with van der Waals surface area (Å²) in [5.41, 5.74) is 7.42. The molecule has 0 spiro atoms. The van der Waals surface area contributed by atoms with E-state index in [0.717, 1.165) is 48.8 Å². The van der Waals surface area contributed by atoms with E-state index >= 15 is 0 Å². The zero-order chi connectivity index (χ0) is 55.4. The monoisotopic (exact) mass is 1130 g/mol. The van der Waals surface area contributed by atoms with Crippen molar-refractivity contribution >= 4 is 55.9 Å². The van der Waals surface area contributed by atoms with Crippen molar-refractivity contribution in [2.45, 2.75) is 164 Å². The summed E-state index contributed by atoms with van der Waals surface area (Å²) < 4.78 is 28.3. The number of ether oxygens (including phenoxy) is 4. The minimum atomic E-state index is -1.66. The molecule has 0 aromatic heterocycles. The van der Waals surface area contributed by atoms with Crippen molar-refractivity contribution in [2.75, 3.05) is 33.0 Å². The summed E-state index contributed by atoms with van der Waals surface area (Å²) in [5.74, 6) is 8.53. The molecule has 4 aromatic carbocycles. The molecule has 0 atom stereocenters. The minimum Gasteiger partial charge on any atom is -0.493 e. The first-order valence-corrected chi connectivity index (χ1v) is 29.9. The van der Waals surface area contributed by atoms with Crippen molar-refractivity contribution in [3.8, 4) is 23.0 Å². The SMILES string of the molecule is C.C.CC(C)(C)[Si](C)(C)OCC=O.CC(C)Oc1ccc(C(=O)NN(CCO)Cc2ccc(OCC3CCCCC3)cc2)cc1Cl.CC(C)Oc1ccc(C(=O)NN)cc1Cl.O=Cc1ccc(OCC2CCCCC2)cc1. The number of rotatable bonds is 21. The standard InChI is InChI=1S/C26H35ClN2O4.C14H18O2.C10H13ClN2O2.C8H18O2Si.2CH4/c1-19(2)33-25-13-10-22(16-24(25)27)26(31)28-29(14-15-30)17-20-8-11-23(12-9-20)32-18-21-6-4-3-5-7-21;15-10-12-6-8-14(9-7-12)16-11-13-4-2-1-3-5-13;1-6(2)15-9-4-3-7(5-8(9)11)10(14)13-12;1-8(2,3)11(4,5)10-7-6-9;;/h8-13,16,19,21,30H,3-7,14-15,17-18H2,1-2H3,(H,28,31);6-10,13H,1-5,11H2;3-6H,12H2,1-2H3,(H,13,14);6H,7H2,1-5H3;2*1H4. The molecule has 2 amide bonds. The Morgan fingerprint density at radius 2 is 1.16 bits per heavy atom. The zero-order valence-electron chi connectivity index (χ0n) is 45.8. The minimum absolute atomic E-state index is 0. The highest BCUT2D eigenvalue weighted by Gasteiger charge is 2.36. The number of aldehydes is 2. The number of aliphatic hydroxyl groups is 1. The molecule has 77 heavy (non-hydrogen) atoms. The smallest absolute Gasteiger partial charge is 0.265 e.